The zero-order valence-electron chi connectivity index (χ0n) is 7.51. The highest BCUT2D eigenvalue weighted by molar-refractivity contribution is 8.03. The molecule has 0 rings (SSSR count). The molecule has 0 aromatic heterocycles. The molecule has 0 fully saturated rings. The minimum atomic E-state index is -4.54. The van der Waals surface area contributed by atoms with E-state index in [-0.39, 0.29) is 0 Å². The molecule has 9 heteroatoms. The lowest BCUT2D eigenvalue weighted by Gasteiger charge is -2.15. The maximum absolute atomic E-state index is 10.9. The van der Waals surface area contributed by atoms with Gasteiger partial charge >= 0.3 is 0 Å². The van der Waals surface area contributed by atoms with E-state index in [4.69, 9.17) is 4.55 Å². The third kappa shape index (κ3) is 8.37. The van der Waals surface area contributed by atoms with E-state index in [0.29, 0.717) is 0 Å². The van der Waals surface area contributed by atoms with Crippen LogP contribution in [0.25, 0.3) is 0 Å². The molecule has 0 heterocycles. The van der Waals surface area contributed by atoms with E-state index >= 15 is 0 Å². The molecule has 13 heavy (non-hydrogen) atoms. The Kier molecular flexibility index (Phi) is 3.66. The van der Waals surface area contributed by atoms with Crippen LogP contribution in [0.4, 0.5) is 0 Å². The number of hydrogen-bond donors (Lipinski definition) is 1. The van der Waals surface area contributed by atoms with E-state index in [9.17, 15) is 16.8 Å². The van der Waals surface area contributed by atoms with Crippen LogP contribution < -0.4 is 0 Å². The van der Waals surface area contributed by atoms with Crippen molar-refractivity contribution in [2.75, 3.05) is 5.08 Å². The Hall–Kier alpha value is 0.0369. The van der Waals surface area contributed by atoms with E-state index in [2.05, 4.69) is 3.87 Å². The highest BCUT2D eigenvalue weighted by Crippen LogP contribution is 2.09. The van der Waals surface area contributed by atoms with Crippen molar-refractivity contribution in [3.63, 3.8) is 0 Å². The molecule has 0 saturated heterocycles. The van der Waals surface area contributed by atoms with Gasteiger partial charge in [0, 0.05) is 0 Å². The van der Waals surface area contributed by atoms with Gasteiger partial charge in [-0.1, -0.05) is 0 Å². The lowest BCUT2D eigenvalue weighted by atomic mass is 11.8. The smallest absolute Gasteiger partial charge is 0.281 e. The second kappa shape index (κ2) is 3.65. The molecule has 0 atom stereocenters. The Morgan fingerprint density at radius 1 is 1.15 bits per heavy atom. The standard InChI is InChI=1S/C4H12O6S2Si/c1-13(2,3)10-12(8,9)4-11(5,6)7/h4H2,1-3H3,(H,5,6,7). The Morgan fingerprint density at radius 3 is 1.77 bits per heavy atom. The molecule has 0 aliphatic heterocycles. The quantitative estimate of drug-likeness (QED) is 0.556. The van der Waals surface area contributed by atoms with E-state index < -0.39 is 33.6 Å². The summed E-state index contributed by atoms with van der Waals surface area (Å²) in [4.78, 5) is 0. The fraction of sp³-hybridized carbons (Fsp3) is 1.00. The number of hydrogen-bond acceptors (Lipinski definition) is 5. The molecule has 0 aliphatic rings. The van der Waals surface area contributed by atoms with Gasteiger partial charge in [0.05, 0.1) is 0 Å². The van der Waals surface area contributed by atoms with Gasteiger partial charge in [-0.25, -0.2) is 0 Å². The van der Waals surface area contributed by atoms with Gasteiger partial charge in [-0.2, -0.15) is 16.8 Å². The highest BCUT2D eigenvalue weighted by Gasteiger charge is 2.28. The van der Waals surface area contributed by atoms with Gasteiger partial charge in [-0.05, 0) is 19.6 Å². The van der Waals surface area contributed by atoms with Crippen molar-refractivity contribution in [2.45, 2.75) is 19.6 Å². The van der Waals surface area contributed by atoms with Gasteiger partial charge < -0.3 is 3.87 Å². The largest absolute Gasteiger partial charge is 0.315 e. The molecule has 1 N–H and O–H groups in total. The summed E-state index contributed by atoms with van der Waals surface area (Å²) in [6.07, 6.45) is 0. The van der Waals surface area contributed by atoms with E-state index in [1.54, 1.807) is 19.6 Å². The molecule has 0 amide bonds. The summed E-state index contributed by atoms with van der Waals surface area (Å²) in [5, 5.41) is -1.38. The predicted octanol–water partition coefficient (Wildman–Crippen LogP) is 0.0130. The van der Waals surface area contributed by atoms with Crippen molar-refractivity contribution in [3.05, 3.63) is 0 Å². The fourth-order valence-corrected chi connectivity index (χ4v) is 5.72. The third-order valence-corrected chi connectivity index (χ3v) is 6.03. The summed E-state index contributed by atoms with van der Waals surface area (Å²) in [6, 6.07) is 0. The summed E-state index contributed by atoms with van der Waals surface area (Å²) in [5.74, 6) is 0. The first-order chi connectivity index (χ1) is 5.41. The van der Waals surface area contributed by atoms with Crippen LogP contribution in [0, 0.1) is 0 Å². The van der Waals surface area contributed by atoms with Crippen molar-refractivity contribution in [1.29, 1.82) is 0 Å². The van der Waals surface area contributed by atoms with Crippen molar-refractivity contribution < 1.29 is 25.3 Å². The van der Waals surface area contributed by atoms with Gasteiger partial charge in [0.15, 0.2) is 0 Å². The third-order valence-electron chi connectivity index (χ3n) is 0.670. The van der Waals surface area contributed by atoms with Crippen LogP contribution in [-0.4, -0.2) is 34.8 Å². The highest BCUT2D eigenvalue weighted by atomic mass is 32.3. The van der Waals surface area contributed by atoms with Gasteiger partial charge in [0.2, 0.25) is 13.4 Å². The SMILES string of the molecule is C[Si](C)(C)OS(=O)(=O)CS(=O)(=O)O. The topological polar surface area (TPSA) is 97.7 Å². The Balaban J connectivity index is 4.65. The monoisotopic (exact) mass is 248 g/mol. The van der Waals surface area contributed by atoms with Crippen LogP contribution in [0.15, 0.2) is 0 Å². The second-order valence-corrected chi connectivity index (χ2v) is 11.6. The molecule has 80 valence electrons. The van der Waals surface area contributed by atoms with Gasteiger partial charge in [0.25, 0.3) is 20.2 Å². The van der Waals surface area contributed by atoms with E-state index in [1.165, 1.54) is 0 Å². The van der Waals surface area contributed by atoms with Crippen molar-refractivity contribution in [1.82, 2.24) is 0 Å². The van der Waals surface area contributed by atoms with Crippen LogP contribution >= 0.6 is 0 Å². The molecule has 0 unspecified atom stereocenters. The zero-order valence-corrected chi connectivity index (χ0v) is 10.1. The van der Waals surface area contributed by atoms with Crippen LogP contribution in [0.1, 0.15) is 0 Å². The second-order valence-electron chi connectivity index (χ2n) is 3.45. The molecule has 0 bridgehead atoms. The average Bonchev–Trinajstić information content (AvgIpc) is 1.43. The normalized spacial score (nSPS) is 14.5. The molecule has 0 aliphatic carbocycles. The molecule has 0 radical (unpaired) electrons. The molecule has 0 saturated carbocycles. The Bertz CT molecular complexity index is 360. The van der Waals surface area contributed by atoms with Crippen molar-refractivity contribution >= 4 is 28.6 Å². The number of rotatable bonds is 4. The van der Waals surface area contributed by atoms with Crippen LogP contribution in [-0.2, 0) is 24.1 Å². The fourth-order valence-electron chi connectivity index (χ4n) is 0.587. The van der Waals surface area contributed by atoms with Crippen molar-refractivity contribution in [2.24, 2.45) is 0 Å². The Morgan fingerprint density at radius 2 is 1.54 bits per heavy atom. The van der Waals surface area contributed by atoms with E-state index in [0.717, 1.165) is 0 Å². The van der Waals surface area contributed by atoms with Gasteiger partial charge in [-0.3, -0.25) is 4.55 Å². The predicted molar refractivity (Wildman–Crippen MR) is 49.8 cm³/mol. The van der Waals surface area contributed by atoms with Gasteiger partial charge in [-0.15, -0.1) is 0 Å². The minimum Gasteiger partial charge on any atom is -0.315 e. The first-order valence-corrected chi connectivity index (χ1v) is 9.89. The van der Waals surface area contributed by atoms with Crippen LogP contribution in [0.5, 0.6) is 0 Å². The van der Waals surface area contributed by atoms with Gasteiger partial charge in [0.1, 0.15) is 0 Å². The summed E-state index contributed by atoms with van der Waals surface area (Å²) >= 11 is 0. The molecule has 6 nitrogen and oxygen atoms in total. The summed E-state index contributed by atoms with van der Waals surface area (Å²) in [5.41, 5.74) is 0. The lowest BCUT2D eigenvalue weighted by Crippen LogP contribution is -2.32. The van der Waals surface area contributed by atoms with Crippen LogP contribution in [0.3, 0.4) is 0 Å². The van der Waals surface area contributed by atoms with Crippen molar-refractivity contribution in [3.8, 4) is 0 Å². The minimum absolute atomic E-state index is 1.38. The molecular weight excluding hydrogens is 236 g/mol. The Labute approximate surface area is 78.9 Å². The summed E-state index contributed by atoms with van der Waals surface area (Å²) in [6.45, 7) is 4.78. The molecule has 0 aromatic rings. The molecular formula is C4H12O6S2Si. The zero-order chi connectivity index (χ0) is 10.9. The first-order valence-electron chi connectivity index (χ1n) is 3.30. The maximum Gasteiger partial charge on any atom is 0.281 e. The lowest BCUT2D eigenvalue weighted by molar-refractivity contribution is 0.473. The summed E-state index contributed by atoms with van der Waals surface area (Å²) in [7, 11) is -11.1. The van der Waals surface area contributed by atoms with E-state index in [1.807, 2.05) is 0 Å². The molecule has 0 aromatic carbocycles. The average molecular weight is 248 g/mol. The first kappa shape index (κ1) is 13.0. The molecule has 0 spiro atoms. The maximum atomic E-state index is 10.9. The van der Waals surface area contributed by atoms with Crippen LogP contribution in [0.2, 0.25) is 19.6 Å². The summed E-state index contributed by atoms with van der Waals surface area (Å²) < 4.78 is 55.2.